The summed E-state index contributed by atoms with van der Waals surface area (Å²) in [5, 5.41) is 3.07. The number of carbonyl (C=O) groups is 1. The molecule has 1 aliphatic rings. The maximum Gasteiger partial charge on any atom is 0.321 e. The van der Waals surface area contributed by atoms with E-state index in [1.165, 1.54) is 6.42 Å². The number of rotatable bonds is 4. The number of anilines is 1. The Kier molecular flexibility index (Phi) is 5.51. The number of likely N-dealkylation sites (tertiary alicyclic amines) is 1. The predicted octanol–water partition coefficient (Wildman–Crippen LogP) is 4.86. The van der Waals surface area contributed by atoms with Crippen molar-refractivity contribution in [2.45, 2.75) is 19.8 Å². The van der Waals surface area contributed by atoms with Gasteiger partial charge in [0.25, 0.3) is 0 Å². The van der Waals surface area contributed by atoms with Crippen molar-refractivity contribution < 1.29 is 9.21 Å². The molecule has 1 aliphatic heterocycles. The summed E-state index contributed by atoms with van der Waals surface area (Å²) in [6.45, 7) is 3.59. The van der Waals surface area contributed by atoms with Crippen molar-refractivity contribution in [3.8, 4) is 11.3 Å². The minimum Gasteiger partial charge on any atom is -0.461 e. The molecule has 24 heavy (non-hydrogen) atoms. The van der Waals surface area contributed by atoms with Crippen LogP contribution in [0.15, 0.2) is 40.8 Å². The summed E-state index contributed by atoms with van der Waals surface area (Å²) < 4.78 is 5.72. The second-order valence-electron chi connectivity index (χ2n) is 6.30. The van der Waals surface area contributed by atoms with E-state index in [9.17, 15) is 4.79 Å². The fraction of sp³-hybridized carbons (Fsp3) is 0.421. The van der Waals surface area contributed by atoms with E-state index >= 15 is 0 Å². The third-order valence-electron chi connectivity index (χ3n) is 4.38. The Balaban J connectivity index is 1.73. The van der Waals surface area contributed by atoms with Gasteiger partial charge in [0.1, 0.15) is 11.5 Å². The second kappa shape index (κ2) is 7.79. The van der Waals surface area contributed by atoms with Crippen LogP contribution in [-0.4, -0.2) is 36.0 Å². The van der Waals surface area contributed by atoms with Gasteiger partial charge in [0.05, 0.1) is 5.69 Å². The standard InChI is InChI=1S/C19H24N2O2S/c1-14-9-10-18(23-14)16-7-3-4-8-17(16)20-19(22)21-11-5-6-15(12-21)13-24-2/h3-4,7-10,15H,5-6,11-13H2,1-2H3,(H,20,22). The number of nitrogens with zero attached hydrogens (tertiary/aromatic N) is 1. The first-order valence-corrected chi connectivity index (χ1v) is 9.77. The van der Waals surface area contributed by atoms with Crippen LogP contribution in [0.1, 0.15) is 18.6 Å². The minimum atomic E-state index is -0.0171. The first-order valence-electron chi connectivity index (χ1n) is 8.38. The number of amides is 2. The largest absolute Gasteiger partial charge is 0.461 e. The average Bonchev–Trinajstić information content (AvgIpc) is 3.02. The van der Waals surface area contributed by atoms with Crippen LogP contribution >= 0.6 is 11.8 Å². The lowest BCUT2D eigenvalue weighted by Crippen LogP contribution is -2.43. The molecule has 3 rings (SSSR count). The third-order valence-corrected chi connectivity index (χ3v) is 5.19. The molecular formula is C19H24N2O2S. The van der Waals surface area contributed by atoms with Crippen LogP contribution in [0.3, 0.4) is 0 Å². The Morgan fingerprint density at radius 3 is 2.92 bits per heavy atom. The zero-order valence-corrected chi connectivity index (χ0v) is 15.1. The van der Waals surface area contributed by atoms with Gasteiger partial charge in [-0.15, -0.1) is 0 Å². The molecule has 5 heteroatoms. The highest BCUT2D eigenvalue weighted by molar-refractivity contribution is 7.98. The molecular weight excluding hydrogens is 320 g/mol. The number of nitrogens with one attached hydrogen (secondary N) is 1. The minimum absolute atomic E-state index is 0.0171. The van der Waals surface area contributed by atoms with E-state index in [4.69, 9.17) is 4.42 Å². The van der Waals surface area contributed by atoms with E-state index in [2.05, 4.69) is 11.6 Å². The maximum absolute atomic E-state index is 12.7. The molecule has 0 spiro atoms. The number of hydrogen-bond acceptors (Lipinski definition) is 3. The molecule has 0 bridgehead atoms. The number of hydrogen-bond donors (Lipinski definition) is 1. The van der Waals surface area contributed by atoms with Gasteiger partial charge in [-0.2, -0.15) is 11.8 Å². The monoisotopic (exact) mass is 344 g/mol. The Morgan fingerprint density at radius 1 is 1.33 bits per heavy atom. The summed E-state index contributed by atoms with van der Waals surface area (Å²) in [6.07, 6.45) is 4.42. The Labute approximate surface area is 147 Å². The number of aryl methyl sites for hydroxylation is 1. The topological polar surface area (TPSA) is 45.5 Å². The molecule has 0 radical (unpaired) electrons. The lowest BCUT2D eigenvalue weighted by Gasteiger charge is -2.32. The van der Waals surface area contributed by atoms with Gasteiger partial charge in [-0.25, -0.2) is 4.79 Å². The van der Waals surface area contributed by atoms with Gasteiger partial charge >= 0.3 is 6.03 Å². The summed E-state index contributed by atoms with van der Waals surface area (Å²) in [4.78, 5) is 14.6. The first-order chi connectivity index (χ1) is 11.7. The third kappa shape index (κ3) is 3.96. The number of furan rings is 1. The highest BCUT2D eigenvalue weighted by Gasteiger charge is 2.24. The zero-order valence-electron chi connectivity index (χ0n) is 14.2. The molecule has 0 aliphatic carbocycles. The lowest BCUT2D eigenvalue weighted by molar-refractivity contribution is 0.183. The summed E-state index contributed by atoms with van der Waals surface area (Å²) in [5.41, 5.74) is 1.71. The molecule has 2 aromatic rings. The van der Waals surface area contributed by atoms with Gasteiger partial charge in [-0.3, -0.25) is 0 Å². The summed E-state index contributed by atoms with van der Waals surface area (Å²) in [6, 6.07) is 11.6. The Bertz CT molecular complexity index is 696. The first kappa shape index (κ1) is 17.0. The van der Waals surface area contributed by atoms with Gasteiger partial charge in [0, 0.05) is 18.7 Å². The average molecular weight is 344 g/mol. The van der Waals surface area contributed by atoms with Gasteiger partial charge in [0.2, 0.25) is 0 Å². The molecule has 1 atom stereocenters. The predicted molar refractivity (Wildman–Crippen MR) is 101 cm³/mol. The number of carbonyl (C=O) groups excluding carboxylic acids is 1. The Hall–Kier alpha value is -1.88. The molecule has 0 saturated carbocycles. The molecule has 2 heterocycles. The van der Waals surface area contributed by atoms with Crippen molar-refractivity contribution >= 4 is 23.5 Å². The van der Waals surface area contributed by atoms with Crippen LogP contribution in [-0.2, 0) is 0 Å². The smallest absolute Gasteiger partial charge is 0.321 e. The normalized spacial score (nSPS) is 17.8. The van der Waals surface area contributed by atoms with Crippen LogP contribution in [0.25, 0.3) is 11.3 Å². The molecule has 1 aromatic carbocycles. The van der Waals surface area contributed by atoms with Gasteiger partial charge in [0.15, 0.2) is 0 Å². The van der Waals surface area contributed by atoms with E-state index in [0.29, 0.717) is 5.92 Å². The zero-order chi connectivity index (χ0) is 16.9. The van der Waals surface area contributed by atoms with E-state index in [0.717, 1.165) is 48.0 Å². The van der Waals surface area contributed by atoms with E-state index < -0.39 is 0 Å². The number of urea groups is 1. The molecule has 1 N–H and O–H groups in total. The SMILES string of the molecule is CSCC1CCCN(C(=O)Nc2ccccc2-c2ccc(C)o2)C1. The number of benzene rings is 1. The molecule has 1 fully saturated rings. The summed E-state index contributed by atoms with van der Waals surface area (Å²) >= 11 is 1.86. The van der Waals surface area contributed by atoms with Crippen molar-refractivity contribution in [1.29, 1.82) is 0 Å². The van der Waals surface area contributed by atoms with Crippen molar-refractivity contribution in [2.75, 3.05) is 30.4 Å². The van der Waals surface area contributed by atoms with Crippen LogP contribution < -0.4 is 5.32 Å². The fourth-order valence-corrected chi connectivity index (χ4v) is 3.95. The van der Waals surface area contributed by atoms with Gasteiger partial charge in [-0.05, 0) is 62.0 Å². The molecule has 1 aromatic heterocycles. The van der Waals surface area contributed by atoms with Gasteiger partial charge < -0.3 is 14.6 Å². The number of para-hydroxylation sites is 1. The second-order valence-corrected chi connectivity index (χ2v) is 7.21. The van der Waals surface area contributed by atoms with Crippen LogP contribution in [0.2, 0.25) is 0 Å². The fourth-order valence-electron chi connectivity index (χ4n) is 3.20. The van der Waals surface area contributed by atoms with E-state index in [-0.39, 0.29) is 6.03 Å². The Morgan fingerprint density at radius 2 is 2.17 bits per heavy atom. The highest BCUT2D eigenvalue weighted by atomic mass is 32.2. The quantitative estimate of drug-likeness (QED) is 0.861. The lowest BCUT2D eigenvalue weighted by atomic mass is 10.0. The molecule has 128 valence electrons. The van der Waals surface area contributed by atoms with E-state index in [1.807, 2.05) is 60.0 Å². The van der Waals surface area contributed by atoms with Crippen molar-refractivity contribution in [3.63, 3.8) is 0 Å². The number of piperidine rings is 1. The highest BCUT2D eigenvalue weighted by Crippen LogP contribution is 2.30. The van der Waals surface area contributed by atoms with Gasteiger partial charge in [-0.1, -0.05) is 12.1 Å². The molecule has 2 amide bonds. The van der Waals surface area contributed by atoms with Crippen LogP contribution in [0, 0.1) is 12.8 Å². The summed E-state index contributed by atoms with van der Waals surface area (Å²) in [5.74, 6) is 3.36. The van der Waals surface area contributed by atoms with Crippen molar-refractivity contribution in [3.05, 3.63) is 42.2 Å². The molecule has 4 nitrogen and oxygen atoms in total. The van der Waals surface area contributed by atoms with Crippen LogP contribution in [0.4, 0.5) is 10.5 Å². The van der Waals surface area contributed by atoms with Crippen molar-refractivity contribution in [2.24, 2.45) is 5.92 Å². The molecule has 1 saturated heterocycles. The summed E-state index contributed by atoms with van der Waals surface area (Å²) in [7, 11) is 0. The van der Waals surface area contributed by atoms with Crippen LogP contribution in [0.5, 0.6) is 0 Å². The van der Waals surface area contributed by atoms with Crippen molar-refractivity contribution in [1.82, 2.24) is 4.90 Å². The number of thioether (sulfide) groups is 1. The van der Waals surface area contributed by atoms with E-state index in [1.54, 1.807) is 0 Å². The molecule has 1 unspecified atom stereocenters. The maximum atomic E-state index is 12.7.